The van der Waals surface area contributed by atoms with Crippen LogP contribution in [-0.4, -0.2) is 16.0 Å². The van der Waals surface area contributed by atoms with Gasteiger partial charge in [-0.2, -0.15) is 0 Å². The smallest absolute Gasteiger partial charge is 0.267 e. The quantitative estimate of drug-likeness (QED) is 0.419. The summed E-state index contributed by atoms with van der Waals surface area (Å²) < 4.78 is 0. The minimum Gasteiger partial charge on any atom is -0.282 e. The van der Waals surface area contributed by atoms with Crippen molar-refractivity contribution < 1.29 is 4.79 Å². The monoisotopic (exact) mass is 438 g/mol. The van der Waals surface area contributed by atoms with Crippen molar-refractivity contribution in [3.05, 3.63) is 105 Å². The van der Waals surface area contributed by atoms with E-state index >= 15 is 0 Å². The third-order valence-corrected chi connectivity index (χ3v) is 5.87. The third kappa shape index (κ3) is 4.73. The van der Waals surface area contributed by atoms with E-state index in [1.165, 1.54) is 11.8 Å². The van der Waals surface area contributed by atoms with E-state index in [2.05, 4.69) is 0 Å². The summed E-state index contributed by atoms with van der Waals surface area (Å²) in [7, 11) is 0. The van der Waals surface area contributed by atoms with Gasteiger partial charge in [-0.1, -0.05) is 77.8 Å². The minimum atomic E-state index is -0.0976. The minimum absolute atomic E-state index is 0.0976. The summed E-state index contributed by atoms with van der Waals surface area (Å²) in [6.45, 7) is 0.448. The van der Waals surface area contributed by atoms with E-state index in [4.69, 9.17) is 28.2 Å². The molecule has 4 rings (SSSR count). The van der Waals surface area contributed by atoms with E-state index in [1.807, 2.05) is 60.7 Å². The first kappa shape index (κ1) is 19.8. The van der Waals surface area contributed by atoms with Crippen molar-refractivity contribution in [2.24, 2.45) is 4.99 Å². The van der Waals surface area contributed by atoms with Gasteiger partial charge in [-0.25, -0.2) is 4.99 Å². The van der Waals surface area contributed by atoms with Crippen LogP contribution in [-0.2, 0) is 11.3 Å². The number of benzene rings is 3. The summed E-state index contributed by atoms with van der Waals surface area (Å²) in [6.07, 6.45) is 1.79. The van der Waals surface area contributed by atoms with Crippen molar-refractivity contribution >= 4 is 57.8 Å². The molecule has 0 spiro atoms. The van der Waals surface area contributed by atoms with Crippen molar-refractivity contribution in [2.45, 2.75) is 6.54 Å². The number of carbonyl (C=O) groups is 1. The second-order valence-electron chi connectivity index (χ2n) is 6.38. The van der Waals surface area contributed by atoms with E-state index in [0.29, 0.717) is 26.7 Å². The van der Waals surface area contributed by atoms with E-state index in [0.717, 1.165) is 16.8 Å². The Hall–Kier alpha value is -2.53. The summed E-state index contributed by atoms with van der Waals surface area (Å²) in [4.78, 5) is 20.2. The molecule has 0 N–H and O–H groups in total. The van der Waals surface area contributed by atoms with Gasteiger partial charge in [0.25, 0.3) is 5.91 Å². The van der Waals surface area contributed by atoms with Gasteiger partial charge in [-0.05, 0) is 53.2 Å². The van der Waals surface area contributed by atoms with Crippen LogP contribution in [0.4, 0.5) is 5.69 Å². The van der Waals surface area contributed by atoms with Crippen LogP contribution in [0.15, 0.2) is 88.8 Å². The lowest BCUT2D eigenvalue weighted by Crippen LogP contribution is -2.28. The molecule has 0 atom stereocenters. The molecule has 0 radical (unpaired) electrons. The zero-order valence-corrected chi connectivity index (χ0v) is 17.6. The lowest BCUT2D eigenvalue weighted by atomic mass is 10.2. The van der Waals surface area contributed by atoms with Gasteiger partial charge in [-0.3, -0.25) is 9.69 Å². The van der Waals surface area contributed by atoms with Crippen LogP contribution in [0, 0.1) is 0 Å². The standard InChI is InChI=1S/C23H16Cl2N2OS/c24-18-12-11-17(20(25)14-18)13-21-22(28)27(15-16-7-3-1-4-8-16)23(29-21)26-19-9-5-2-6-10-19/h1-14H,15H2/b21-13+,26-23?. The predicted molar refractivity (Wildman–Crippen MR) is 123 cm³/mol. The number of nitrogens with zero attached hydrogens (tertiary/aromatic N) is 2. The van der Waals surface area contributed by atoms with Gasteiger partial charge in [0.1, 0.15) is 0 Å². The molecule has 0 aliphatic carbocycles. The molecule has 144 valence electrons. The fourth-order valence-corrected chi connectivity index (χ4v) is 4.32. The van der Waals surface area contributed by atoms with E-state index in [1.54, 1.807) is 29.2 Å². The number of aliphatic imine (C=N–C) groups is 1. The first-order chi connectivity index (χ1) is 14.1. The van der Waals surface area contributed by atoms with Gasteiger partial charge >= 0.3 is 0 Å². The second kappa shape index (κ2) is 8.87. The van der Waals surface area contributed by atoms with E-state index in [-0.39, 0.29) is 5.91 Å². The topological polar surface area (TPSA) is 32.7 Å². The summed E-state index contributed by atoms with van der Waals surface area (Å²) in [5.74, 6) is -0.0976. The summed E-state index contributed by atoms with van der Waals surface area (Å²) in [5, 5.41) is 1.70. The maximum atomic E-state index is 13.2. The van der Waals surface area contributed by atoms with Crippen LogP contribution in [0.2, 0.25) is 10.0 Å². The van der Waals surface area contributed by atoms with Gasteiger partial charge in [0.2, 0.25) is 0 Å². The Kier molecular flexibility index (Phi) is 6.05. The highest BCUT2D eigenvalue weighted by atomic mass is 35.5. The summed E-state index contributed by atoms with van der Waals surface area (Å²) in [5.41, 5.74) is 2.58. The third-order valence-electron chi connectivity index (χ3n) is 4.30. The molecule has 1 aliphatic rings. The molecular weight excluding hydrogens is 423 g/mol. The molecule has 0 saturated carbocycles. The first-order valence-electron chi connectivity index (χ1n) is 8.94. The number of rotatable bonds is 4. The highest BCUT2D eigenvalue weighted by Crippen LogP contribution is 2.36. The van der Waals surface area contributed by atoms with Crippen LogP contribution >= 0.6 is 35.0 Å². The molecule has 1 heterocycles. The van der Waals surface area contributed by atoms with Crippen LogP contribution in [0.1, 0.15) is 11.1 Å². The molecule has 3 aromatic rings. The van der Waals surface area contributed by atoms with E-state index in [9.17, 15) is 4.79 Å². The Labute approximate surface area is 183 Å². The highest BCUT2D eigenvalue weighted by Gasteiger charge is 2.33. The number of halogens is 2. The van der Waals surface area contributed by atoms with Crippen LogP contribution in [0.5, 0.6) is 0 Å². The molecule has 3 nitrogen and oxygen atoms in total. The Morgan fingerprint density at radius 2 is 1.62 bits per heavy atom. The SMILES string of the molecule is O=C1/C(=C\c2ccc(Cl)cc2Cl)SC(=Nc2ccccc2)N1Cc1ccccc1. The summed E-state index contributed by atoms with van der Waals surface area (Å²) in [6, 6.07) is 24.7. The maximum absolute atomic E-state index is 13.2. The molecule has 3 aromatic carbocycles. The molecule has 0 unspecified atom stereocenters. The van der Waals surface area contributed by atoms with E-state index < -0.39 is 0 Å². The van der Waals surface area contributed by atoms with Gasteiger partial charge in [0.05, 0.1) is 17.1 Å². The molecule has 1 amide bonds. The number of hydrogen-bond donors (Lipinski definition) is 0. The maximum Gasteiger partial charge on any atom is 0.267 e. The van der Waals surface area contributed by atoms with Crippen molar-refractivity contribution in [3.8, 4) is 0 Å². The van der Waals surface area contributed by atoms with Gasteiger partial charge < -0.3 is 0 Å². The van der Waals surface area contributed by atoms with Gasteiger partial charge in [-0.15, -0.1) is 0 Å². The molecule has 0 aromatic heterocycles. The number of para-hydroxylation sites is 1. The second-order valence-corrected chi connectivity index (χ2v) is 8.24. The fraction of sp³-hybridized carbons (Fsp3) is 0.0435. The number of amides is 1. The molecule has 1 fully saturated rings. The molecular formula is C23H16Cl2N2OS. The number of amidine groups is 1. The lowest BCUT2D eigenvalue weighted by Gasteiger charge is -2.15. The average molecular weight is 439 g/mol. The average Bonchev–Trinajstić information content (AvgIpc) is 3.00. The number of hydrogen-bond acceptors (Lipinski definition) is 3. The Morgan fingerprint density at radius 3 is 2.31 bits per heavy atom. The lowest BCUT2D eigenvalue weighted by molar-refractivity contribution is -0.122. The zero-order chi connectivity index (χ0) is 20.2. The van der Waals surface area contributed by atoms with Crippen molar-refractivity contribution in [1.82, 2.24) is 4.90 Å². The van der Waals surface area contributed by atoms with Crippen LogP contribution in [0.3, 0.4) is 0 Å². The predicted octanol–water partition coefficient (Wildman–Crippen LogP) is 6.80. The summed E-state index contributed by atoms with van der Waals surface area (Å²) >= 11 is 13.6. The van der Waals surface area contributed by atoms with Crippen LogP contribution in [0.25, 0.3) is 6.08 Å². The fourth-order valence-electron chi connectivity index (χ4n) is 2.87. The highest BCUT2D eigenvalue weighted by molar-refractivity contribution is 8.18. The molecule has 0 bridgehead atoms. The van der Waals surface area contributed by atoms with Crippen molar-refractivity contribution in [1.29, 1.82) is 0 Å². The molecule has 1 saturated heterocycles. The Balaban J connectivity index is 1.71. The number of thioether (sulfide) groups is 1. The number of carbonyl (C=O) groups excluding carboxylic acids is 1. The molecule has 29 heavy (non-hydrogen) atoms. The van der Waals surface area contributed by atoms with Gasteiger partial charge in [0.15, 0.2) is 5.17 Å². The zero-order valence-electron chi connectivity index (χ0n) is 15.3. The Morgan fingerprint density at radius 1 is 0.931 bits per heavy atom. The Bertz CT molecular complexity index is 1100. The van der Waals surface area contributed by atoms with Crippen LogP contribution < -0.4 is 0 Å². The van der Waals surface area contributed by atoms with Gasteiger partial charge in [0, 0.05) is 10.0 Å². The van der Waals surface area contributed by atoms with Crippen molar-refractivity contribution in [3.63, 3.8) is 0 Å². The first-order valence-corrected chi connectivity index (χ1v) is 10.5. The largest absolute Gasteiger partial charge is 0.282 e. The van der Waals surface area contributed by atoms with Crippen molar-refractivity contribution in [2.75, 3.05) is 0 Å². The molecule has 6 heteroatoms. The normalized spacial score (nSPS) is 16.8. The molecule has 1 aliphatic heterocycles.